The highest BCUT2D eigenvalue weighted by Crippen LogP contribution is 2.46. The van der Waals surface area contributed by atoms with E-state index in [0.29, 0.717) is 0 Å². The summed E-state index contributed by atoms with van der Waals surface area (Å²) < 4.78 is 0. The lowest BCUT2D eigenvalue weighted by molar-refractivity contribution is 1.26. The van der Waals surface area contributed by atoms with Crippen molar-refractivity contribution >= 4 is 79.5 Å². The summed E-state index contributed by atoms with van der Waals surface area (Å²) in [5, 5.41) is 0. The average molecular weight is 1180 g/mol. The Morgan fingerprint density at radius 3 is 0.616 bits per heavy atom. The van der Waals surface area contributed by atoms with Crippen LogP contribution in [-0.2, 0) is 0 Å². The topological polar surface area (TPSA) is 6.48 Å². The summed E-state index contributed by atoms with van der Waals surface area (Å²) in [6.07, 6.45) is 0. The van der Waals surface area contributed by atoms with Crippen molar-refractivity contribution in [2.24, 2.45) is 0 Å². The van der Waals surface area contributed by atoms with Gasteiger partial charge < -0.3 is 9.80 Å². The fourth-order valence-electron chi connectivity index (χ4n) is 11.7. The molecule has 0 spiro atoms. The average Bonchev–Trinajstić information content (AvgIpc) is 3.10. The maximum Gasteiger partial charge on any atom is 0.0464 e. The first-order valence-corrected chi connectivity index (χ1v) is 32.4. The number of nitrogens with zero attached hydrogens (tertiary/aromatic N) is 2. The first-order valence-electron chi connectivity index (χ1n) is 29.1. The van der Waals surface area contributed by atoms with Crippen LogP contribution in [0, 0.1) is 27.7 Å². The fourth-order valence-corrected chi connectivity index (χ4v) is 16.1. The Kier molecular flexibility index (Phi) is 15.2. The monoisotopic (exact) mass is 1180 g/mol. The van der Waals surface area contributed by atoms with Crippen molar-refractivity contribution in [3.8, 4) is 94.7 Å². The zero-order valence-corrected chi connectivity index (χ0v) is 51.5. The van der Waals surface area contributed by atoms with Crippen molar-refractivity contribution in [3.05, 3.63) is 313 Å². The van der Waals surface area contributed by atoms with Crippen LogP contribution in [-0.4, -0.2) is 0 Å². The quantitative estimate of drug-likeness (QED) is 0.101. The van der Waals surface area contributed by atoms with Gasteiger partial charge in [-0.15, -0.1) is 45.3 Å². The number of hydrogen-bond acceptors (Lipinski definition) is 6. The Morgan fingerprint density at radius 1 is 0.186 bits per heavy atom. The van der Waals surface area contributed by atoms with Crippen molar-refractivity contribution in [1.29, 1.82) is 0 Å². The van der Waals surface area contributed by atoms with Gasteiger partial charge in [-0.1, -0.05) is 170 Å². The molecule has 0 bridgehead atoms. The summed E-state index contributed by atoms with van der Waals surface area (Å²) in [5.41, 5.74) is 23.9. The molecule has 0 aliphatic rings. The van der Waals surface area contributed by atoms with E-state index in [9.17, 15) is 0 Å². The van der Waals surface area contributed by atoms with E-state index in [-0.39, 0.29) is 0 Å². The molecule has 0 aliphatic heterocycles. The van der Waals surface area contributed by atoms with Crippen LogP contribution in [0.25, 0.3) is 94.7 Å². The summed E-state index contributed by atoms with van der Waals surface area (Å²) >= 11 is 7.39. The molecule has 86 heavy (non-hydrogen) atoms. The second-order valence-corrected chi connectivity index (χ2v) is 26.2. The lowest BCUT2D eigenvalue weighted by Gasteiger charge is -2.28. The van der Waals surface area contributed by atoms with E-state index < -0.39 is 0 Å². The molecule has 0 aliphatic carbocycles. The number of thiophene rings is 4. The minimum atomic E-state index is 1.09. The Morgan fingerprint density at radius 2 is 0.395 bits per heavy atom. The van der Waals surface area contributed by atoms with E-state index in [1.807, 2.05) is 45.3 Å². The van der Waals surface area contributed by atoms with Crippen LogP contribution in [0.15, 0.2) is 291 Å². The number of benzene rings is 10. The van der Waals surface area contributed by atoms with Crippen LogP contribution < -0.4 is 9.80 Å². The molecule has 4 aromatic heterocycles. The second kappa shape index (κ2) is 23.9. The van der Waals surface area contributed by atoms with Gasteiger partial charge in [-0.3, -0.25) is 0 Å². The Bertz CT molecular complexity index is 4110. The molecule has 10 aromatic carbocycles. The normalized spacial score (nSPS) is 11.3. The molecule has 0 radical (unpaired) electrons. The van der Waals surface area contributed by atoms with Crippen molar-refractivity contribution in [2.75, 3.05) is 9.80 Å². The van der Waals surface area contributed by atoms with Crippen molar-refractivity contribution in [2.45, 2.75) is 27.7 Å². The highest BCUT2D eigenvalue weighted by Gasteiger charge is 2.21. The first kappa shape index (κ1) is 54.5. The van der Waals surface area contributed by atoms with Crippen molar-refractivity contribution in [1.82, 2.24) is 0 Å². The number of rotatable bonds is 15. The van der Waals surface area contributed by atoms with Crippen LogP contribution in [0.1, 0.15) is 22.3 Å². The minimum absolute atomic E-state index is 1.09. The van der Waals surface area contributed by atoms with Gasteiger partial charge in [0.15, 0.2) is 0 Å². The molecule has 14 rings (SSSR count). The molecule has 0 unspecified atom stereocenters. The first-order chi connectivity index (χ1) is 42.2. The summed E-state index contributed by atoms with van der Waals surface area (Å²) in [6, 6.07) is 107. The molecule has 2 nitrogen and oxygen atoms in total. The fraction of sp³-hybridized carbons (Fsp3) is 0.0500. The standard InChI is InChI=1S/C80H60N2S4/c1-53-49-65(33-37-69(53)77-45-41-73(83-77)59-17-9-5-10-18-59)81(66-34-38-70(54(2)50-66)78-46-42-74(84-78)60-19-11-6-12-20-60)63-29-25-57(26-30-63)58-27-31-64(32-28-58)82(67-35-39-71(55(3)51-67)79-47-43-75(85-79)61-21-13-7-14-22-61)68-36-40-72(56(4)52-68)80-48-44-76(86-80)62-23-15-8-16-24-62/h5-52H,1-4H3. The highest BCUT2D eigenvalue weighted by molar-refractivity contribution is 7.20. The zero-order chi connectivity index (χ0) is 58.1. The predicted molar refractivity (Wildman–Crippen MR) is 375 cm³/mol. The molecule has 0 amide bonds. The second-order valence-electron chi connectivity index (χ2n) is 21.9. The molecule has 0 saturated heterocycles. The van der Waals surface area contributed by atoms with E-state index in [4.69, 9.17) is 0 Å². The van der Waals surface area contributed by atoms with Gasteiger partial charge in [-0.25, -0.2) is 0 Å². The highest BCUT2D eigenvalue weighted by atomic mass is 32.1. The third-order valence-electron chi connectivity index (χ3n) is 16.2. The number of hydrogen-bond donors (Lipinski definition) is 0. The molecule has 0 atom stereocenters. The van der Waals surface area contributed by atoms with Crippen LogP contribution >= 0.6 is 45.3 Å². The molecule has 14 aromatic rings. The van der Waals surface area contributed by atoms with Gasteiger partial charge in [0.05, 0.1) is 0 Å². The van der Waals surface area contributed by atoms with Crippen LogP contribution in [0.5, 0.6) is 0 Å². The Hall–Kier alpha value is -9.40. The summed E-state index contributed by atoms with van der Waals surface area (Å²) in [5.74, 6) is 0. The van der Waals surface area contributed by atoms with Crippen molar-refractivity contribution in [3.63, 3.8) is 0 Å². The van der Waals surface area contributed by atoms with Gasteiger partial charge in [-0.05, 0) is 227 Å². The predicted octanol–water partition coefficient (Wildman–Crippen LogP) is 25.1. The minimum Gasteiger partial charge on any atom is -0.310 e. The largest absolute Gasteiger partial charge is 0.310 e. The van der Waals surface area contributed by atoms with Gasteiger partial charge >= 0.3 is 0 Å². The lowest BCUT2D eigenvalue weighted by Crippen LogP contribution is -2.11. The molecule has 0 N–H and O–H groups in total. The smallest absolute Gasteiger partial charge is 0.0464 e. The third-order valence-corrected chi connectivity index (χ3v) is 20.8. The van der Waals surface area contributed by atoms with Gasteiger partial charge in [0.25, 0.3) is 0 Å². The summed E-state index contributed by atoms with van der Waals surface area (Å²) in [4.78, 5) is 15.0. The van der Waals surface area contributed by atoms with Crippen LogP contribution in [0.3, 0.4) is 0 Å². The van der Waals surface area contributed by atoms with E-state index in [1.165, 1.54) is 106 Å². The third kappa shape index (κ3) is 11.1. The van der Waals surface area contributed by atoms with Gasteiger partial charge in [-0.2, -0.15) is 0 Å². The zero-order valence-electron chi connectivity index (χ0n) is 48.2. The van der Waals surface area contributed by atoms with Gasteiger partial charge in [0.2, 0.25) is 0 Å². The van der Waals surface area contributed by atoms with E-state index in [2.05, 4.69) is 329 Å². The maximum atomic E-state index is 2.41. The van der Waals surface area contributed by atoms with E-state index in [1.54, 1.807) is 0 Å². The SMILES string of the molecule is Cc1cc(N(c2ccc(-c3ccc(N(c4ccc(-c5ccc(-c6ccccc6)s5)c(C)c4)c4ccc(-c5ccc(-c6ccccc6)s5)c(C)c4)cc3)cc2)c2ccc(-c3ccc(-c4ccccc4)s3)c(C)c2)ccc1-c1ccc(-c2ccccc2)s1. The Balaban J connectivity index is 0.793. The number of aryl methyl sites for hydroxylation is 4. The number of anilines is 6. The van der Waals surface area contributed by atoms with Crippen molar-refractivity contribution < 1.29 is 0 Å². The molecule has 4 heterocycles. The molecular formula is C80H60N2S4. The molecule has 0 fully saturated rings. The molecule has 0 saturated carbocycles. The molecule has 414 valence electrons. The molecular weight excluding hydrogens is 1120 g/mol. The van der Waals surface area contributed by atoms with Gasteiger partial charge in [0, 0.05) is 73.1 Å². The molecule has 6 heteroatoms. The summed E-state index contributed by atoms with van der Waals surface area (Å²) in [6.45, 7) is 8.98. The van der Waals surface area contributed by atoms with E-state index in [0.717, 1.165) is 45.3 Å². The Labute approximate surface area is 521 Å². The van der Waals surface area contributed by atoms with Crippen LogP contribution in [0.4, 0.5) is 34.1 Å². The lowest BCUT2D eigenvalue weighted by atomic mass is 10.0. The maximum absolute atomic E-state index is 2.41. The summed E-state index contributed by atoms with van der Waals surface area (Å²) in [7, 11) is 0. The van der Waals surface area contributed by atoms with Gasteiger partial charge in [0.1, 0.15) is 0 Å². The van der Waals surface area contributed by atoms with E-state index >= 15 is 0 Å². The van der Waals surface area contributed by atoms with Crippen LogP contribution in [0.2, 0.25) is 0 Å².